The Bertz CT molecular complexity index is 880. The molecule has 1 aliphatic rings. The molecule has 138 valence electrons. The van der Waals surface area contributed by atoms with E-state index in [0.29, 0.717) is 22.2 Å². The fraction of sp³-hybridized carbons (Fsp3) is 0.150. The van der Waals surface area contributed by atoms with Crippen molar-refractivity contribution >= 4 is 46.2 Å². The van der Waals surface area contributed by atoms with E-state index in [0.717, 1.165) is 11.1 Å². The van der Waals surface area contributed by atoms with Gasteiger partial charge in [-0.25, -0.2) is 0 Å². The van der Waals surface area contributed by atoms with E-state index in [2.05, 4.69) is 5.32 Å². The standard InChI is InChI=1S/C20H18N2O3S2/c23-16-8-6-14(7-9-16)10-11-21-18(24)13-22-19(25)17(27-20(22)26)12-15-4-2-1-3-5-15/h1-9,12,23H,10-11,13H2,(H,21,24)/b17-12+. The summed E-state index contributed by atoms with van der Waals surface area (Å²) in [5.41, 5.74) is 1.92. The number of rotatable bonds is 6. The average Bonchev–Trinajstić information content (AvgIpc) is 2.92. The Kier molecular flexibility index (Phi) is 6.26. The first-order valence-electron chi connectivity index (χ1n) is 8.38. The van der Waals surface area contributed by atoms with Crippen LogP contribution in [0.15, 0.2) is 59.5 Å². The molecule has 0 atom stereocenters. The second-order valence-corrected chi connectivity index (χ2v) is 7.62. The van der Waals surface area contributed by atoms with Gasteiger partial charge in [0.05, 0.1) is 4.91 Å². The number of thioether (sulfide) groups is 1. The van der Waals surface area contributed by atoms with Crippen molar-refractivity contribution in [3.63, 3.8) is 0 Å². The normalized spacial score (nSPS) is 15.4. The van der Waals surface area contributed by atoms with E-state index in [4.69, 9.17) is 12.2 Å². The molecule has 1 aliphatic heterocycles. The summed E-state index contributed by atoms with van der Waals surface area (Å²) in [4.78, 5) is 26.5. The third-order valence-electron chi connectivity index (χ3n) is 3.94. The zero-order chi connectivity index (χ0) is 19.2. The molecule has 0 bridgehead atoms. The van der Waals surface area contributed by atoms with Crippen molar-refractivity contribution in [2.45, 2.75) is 6.42 Å². The second kappa shape index (κ2) is 8.83. The Morgan fingerprint density at radius 2 is 1.85 bits per heavy atom. The van der Waals surface area contributed by atoms with Crippen molar-refractivity contribution in [1.82, 2.24) is 10.2 Å². The number of benzene rings is 2. The maximum absolute atomic E-state index is 12.5. The van der Waals surface area contributed by atoms with Crippen molar-refractivity contribution in [3.05, 3.63) is 70.6 Å². The predicted octanol–water partition coefficient (Wildman–Crippen LogP) is 2.95. The fourth-order valence-corrected chi connectivity index (χ4v) is 3.80. The Labute approximate surface area is 167 Å². The molecule has 2 N–H and O–H groups in total. The summed E-state index contributed by atoms with van der Waals surface area (Å²) in [7, 11) is 0. The molecule has 0 spiro atoms. The maximum atomic E-state index is 12.5. The van der Waals surface area contributed by atoms with Gasteiger partial charge in [0.2, 0.25) is 5.91 Å². The van der Waals surface area contributed by atoms with Gasteiger partial charge in [0, 0.05) is 6.54 Å². The van der Waals surface area contributed by atoms with Crippen LogP contribution in [0.3, 0.4) is 0 Å². The third-order valence-corrected chi connectivity index (χ3v) is 5.32. The van der Waals surface area contributed by atoms with Crippen LogP contribution in [0.4, 0.5) is 0 Å². The highest BCUT2D eigenvalue weighted by molar-refractivity contribution is 8.26. The van der Waals surface area contributed by atoms with E-state index in [9.17, 15) is 14.7 Å². The van der Waals surface area contributed by atoms with Crippen molar-refractivity contribution in [1.29, 1.82) is 0 Å². The number of thiocarbonyl (C=S) groups is 1. The van der Waals surface area contributed by atoms with Gasteiger partial charge >= 0.3 is 0 Å². The molecule has 0 radical (unpaired) electrons. The lowest BCUT2D eigenvalue weighted by atomic mass is 10.1. The highest BCUT2D eigenvalue weighted by atomic mass is 32.2. The molecule has 1 fully saturated rings. The first-order chi connectivity index (χ1) is 13.0. The minimum absolute atomic E-state index is 0.0909. The number of nitrogens with zero attached hydrogens (tertiary/aromatic N) is 1. The van der Waals surface area contributed by atoms with Gasteiger partial charge in [0.1, 0.15) is 16.6 Å². The van der Waals surface area contributed by atoms with E-state index < -0.39 is 0 Å². The summed E-state index contributed by atoms with van der Waals surface area (Å²) >= 11 is 6.46. The van der Waals surface area contributed by atoms with Gasteiger partial charge in [-0.15, -0.1) is 0 Å². The van der Waals surface area contributed by atoms with Gasteiger partial charge in [-0.3, -0.25) is 14.5 Å². The smallest absolute Gasteiger partial charge is 0.266 e. The van der Waals surface area contributed by atoms with Crippen LogP contribution in [0.2, 0.25) is 0 Å². The summed E-state index contributed by atoms with van der Waals surface area (Å²) in [6.07, 6.45) is 2.42. The lowest BCUT2D eigenvalue weighted by Crippen LogP contribution is -2.40. The monoisotopic (exact) mass is 398 g/mol. The first-order valence-corrected chi connectivity index (χ1v) is 9.60. The van der Waals surface area contributed by atoms with E-state index in [-0.39, 0.29) is 24.1 Å². The van der Waals surface area contributed by atoms with Gasteiger partial charge in [-0.2, -0.15) is 0 Å². The van der Waals surface area contributed by atoms with Crippen LogP contribution >= 0.6 is 24.0 Å². The summed E-state index contributed by atoms with van der Waals surface area (Å²) < 4.78 is 0.385. The molecule has 2 aromatic carbocycles. The molecule has 0 aliphatic carbocycles. The quantitative estimate of drug-likeness (QED) is 0.578. The summed E-state index contributed by atoms with van der Waals surface area (Å²) in [5, 5.41) is 12.1. The van der Waals surface area contributed by atoms with Crippen LogP contribution in [0.25, 0.3) is 6.08 Å². The second-order valence-electron chi connectivity index (χ2n) is 5.94. The van der Waals surface area contributed by atoms with Crippen LogP contribution in [0.1, 0.15) is 11.1 Å². The maximum Gasteiger partial charge on any atom is 0.266 e. The number of aromatic hydroxyl groups is 1. The molecule has 5 nitrogen and oxygen atoms in total. The largest absolute Gasteiger partial charge is 0.508 e. The molecule has 27 heavy (non-hydrogen) atoms. The molecule has 3 rings (SSSR count). The molecule has 1 heterocycles. The van der Waals surface area contributed by atoms with Crippen molar-refractivity contribution < 1.29 is 14.7 Å². The lowest BCUT2D eigenvalue weighted by molar-refractivity contribution is -0.128. The lowest BCUT2D eigenvalue weighted by Gasteiger charge is -2.14. The van der Waals surface area contributed by atoms with E-state index in [1.807, 2.05) is 30.3 Å². The minimum Gasteiger partial charge on any atom is -0.508 e. The highest BCUT2D eigenvalue weighted by Crippen LogP contribution is 2.32. The molecule has 0 aromatic heterocycles. The highest BCUT2D eigenvalue weighted by Gasteiger charge is 2.33. The van der Waals surface area contributed by atoms with E-state index in [1.165, 1.54) is 16.7 Å². The molecule has 1 saturated heterocycles. The molecule has 0 saturated carbocycles. The van der Waals surface area contributed by atoms with Crippen LogP contribution in [0, 0.1) is 0 Å². The molecular formula is C20H18N2O3S2. The van der Waals surface area contributed by atoms with Crippen molar-refractivity contribution in [2.75, 3.05) is 13.1 Å². The number of hydrogen-bond acceptors (Lipinski definition) is 5. The van der Waals surface area contributed by atoms with Gasteiger partial charge in [0.25, 0.3) is 5.91 Å². The number of hydrogen-bond donors (Lipinski definition) is 2. The third kappa shape index (κ3) is 5.18. The number of phenolic OH excluding ortho intramolecular Hbond substituents is 1. The number of phenols is 1. The summed E-state index contributed by atoms with van der Waals surface area (Å²) in [5.74, 6) is -0.297. The van der Waals surface area contributed by atoms with Gasteiger partial charge < -0.3 is 10.4 Å². The van der Waals surface area contributed by atoms with E-state index >= 15 is 0 Å². The number of nitrogens with one attached hydrogen (secondary N) is 1. The van der Waals surface area contributed by atoms with Crippen LogP contribution < -0.4 is 5.32 Å². The molecule has 2 aromatic rings. The van der Waals surface area contributed by atoms with Crippen LogP contribution in [-0.2, 0) is 16.0 Å². The van der Waals surface area contributed by atoms with Gasteiger partial charge in [-0.1, -0.05) is 66.4 Å². The molecule has 0 unspecified atom stereocenters. The molecule has 7 heteroatoms. The minimum atomic E-state index is -0.258. The SMILES string of the molecule is O=C(CN1C(=O)/C(=C\c2ccccc2)SC1=S)NCCc1ccc(O)cc1. The zero-order valence-electron chi connectivity index (χ0n) is 14.4. The Morgan fingerprint density at radius 3 is 2.56 bits per heavy atom. The summed E-state index contributed by atoms with van der Waals surface area (Å²) in [6, 6.07) is 16.3. The number of carbonyl (C=O) groups excluding carboxylic acids is 2. The fourth-order valence-electron chi connectivity index (χ4n) is 2.55. The average molecular weight is 399 g/mol. The van der Waals surface area contributed by atoms with Gasteiger partial charge in [0.15, 0.2) is 0 Å². The van der Waals surface area contributed by atoms with Crippen LogP contribution in [-0.4, -0.2) is 39.2 Å². The Morgan fingerprint density at radius 1 is 1.15 bits per heavy atom. The van der Waals surface area contributed by atoms with Crippen molar-refractivity contribution in [3.8, 4) is 5.75 Å². The number of amides is 2. The van der Waals surface area contributed by atoms with Crippen LogP contribution in [0.5, 0.6) is 5.75 Å². The van der Waals surface area contributed by atoms with Gasteiger partial charge in [-0.05, 0) is 35.8 Å². The Hall–Kier alpha value is -2.64. The Balaban J connectivity index is 1.53. The zero-order valence-corrected chi connectivity index (χ0v) is 16.1. The topological polar surface area (TPSA) is 69.6 Å². The molecular weight excluding hydrogens is 380 g/mol. The first kappa shape index (κ1) is 19.1. The van der Waals surface area contributed by atoms with E-state index in [1.54, 1.807) is 30.3 Å². The predicted molar refractivity (Wildman–Crippen MR) is 111 cm³/mol. The van der Waals surface area contributed by atoms with Crippen molar-refractivity contribution in [2.24, 2.45) is 0 Å². The summed E-state index contributed by atoms with van der Waals surface area (Å²) in [6.45, 7) is 0.352. The number of carbonyl (C=O) groups is 2. The molecule has 2 amide bonds.